The Hall–Kier alpha value is -6.17. The molecule has 0 heterocycles. The van der Waals surface area contributed by atoms with Crippen molar-refractivity contribution in [2.75, 3.05) is 18.1 Å². The van der Waals surface area contributed by atoms with Crippen LogP contribution >= 0.6 is 11.6 Å². The number of hydrogen-bond acceptors (Lipinski definition) is 5. The van der Waals surface area contributed by atoms with Gasteiger partial charge in [-0.05, 0) is 109 Å². The Labute approximate surface area is 329 Å². The quantitative estimate of drug-likeness (QED) is 0.0870. The van der Waals surface area contributed by atoms with E-state index in [9.17, 15) is 9.59 Å². The van der Waals surface area contributed by atoms with Crippen molar-refractivity contribution in [3.8, 4) is 33.4 Å². The van der Waals surface area contributed by atoms with Crippen LogP contribution in [-0.4, -0.2) is 25.2 Å². The number of carbonyl (C=O) groups is 2. The molecule has 0 amide bonds. The van der Waals surface area contributed by atoms with Crippen LogP contribution in [0.4, 0.5) is 17.1 Å². The molecule has 6 aromatic carbocycles. The molecule has 276 valence electrons. The number of rotatable bonds is 13. The van der Waals surface area contributed by atoms with E-state index in [1.165, 1.54) is 5.57 Å². The van der Waals surface area contributed by atoms with Crippen molar-refractivity contribution in [1.29, 1.82) is 0 Å². The van der Waals surface area contributed by atoms with Crippen LogP contribution in [0.15, 0.2) is 158 Å². The van der Waals surface area contributed by atoms with Gasteiger partial charge in [0.15, 0.2) is 0 Å². The highest BCUT2D eigenvalue weighted by Crippen LogP contribution is 2.42. The SMILES string of the molecule is C/C=C\C(=C/CC)c1ccc(N(c2ccc(-c3cc(C(=O)OCC)c(-c4ccccc4Cl)cc3C(=O)OCC)cc2)c2ccccc2-c2ccccc2)cc1. The fourth-order valence-electron chi connectivity index (χ4n) is 6.73. The molecule has 6 rings (SSSR count). The molecule has 0 unspecified atom stereocenters. The van der Waals surface area contributed by atoms with Crippen molar-refractivity contribution in [2.24, 2.45) is 0 Å². The predicted molar refractivity (Wildman–Crippen MR) is 227 cm³/mol. The topological polar surface area (TPSA) is 55.8 Å². The molecule has 5 nitrogen and oxygen atoms in total. The standard InChI is InChI=1S/C49H44ClNO4/c1-5-16-34(17-6-2)35-24-28-38(29-25-35)51(47-23-15-13-20-40(47)36-18-10-9-11-19-36)39-30-26-37(27-31-39)42-32-45(49(53)55-8-4)43(33-44(42)48(52)54-7-3)41-21-12-14-22-46(41)50/h5,9-33H,6-8H2,1-4H3/b16-5-,34-17+. The molecule has 0 aliphatic heterocycles. The Morgan fingerprint density at radius 3 is 1.73 bits per heavy atom. The normalized spacial score (nSPS) is 11.4. The number of benzene rings is 6. The van der Waals surface area contributed by atoms with Gasteiger partial charge in [0.1, 0.15) is 0 Å². The summed E-state index contributed by atoms with van der Waals surface area (Å²) in [6.45, 7) is 8.09. The Morgan fingerprint density at radius 1 is 0.600 bits per heavy atom. The molecule has 0 aliphatic rings. The first-order valence-electron chi connectivity index (χ1n) is 18.6. The van der Waals surface area contributed by atoms with Crippen LogP contribution in [0.2, 0.25) is 5.02 Å². The molecule has 0 N–H and O–H groups in total. The molecule has 0 radical (unpaired) electrons. The fourth-order valence-corrected chi connectivity index (χ4v) is 6.97. The number of halogens is 1. The van der Waals surface area contributed by atoms with Gasteiger partial charge in [0.2, 0.25) is 0 Å². The second-order valence-corrected chi connectivity index (χ2v) is 13.2. The van der Waals surface area contributed by atoms with Crippen LogP contribution in [0.5, 0.6) is 0 Å². The summed E-state index contributed by atoms with van der Waals surface area (Å²) in [5, 5.41) is 0.448. The molecule has 6 heteroatoms. The first-order valence-corrected chi connectivity index (χ1v) is 19.0. The molecule has 0 fully saturated rings. The maximum absolute atomic E-state index is 13.6. The van der Waals surface area contributed by atoms with E-state index in [0.29, 0.717) is 32.8 Å². The minimum atomic E-state index is -0.510. The first-order chi connectivity index (χ1) is 26.9. The minimum absolute atomic E-state index is 0.192. The zero-order valence-electron chi connectivity index (χ0n) is 31.6. The van der Waals surface area contributed by atoms with Crippen molar-refractivity contribution >= 4 is 46.2 Å². The second kappa shape index (κ2) is 18.2. The van der Waals surface area contributed by atoms with E-state index < -0.39 is 11.9 Å². The molecule has 6 aromatic rings. The van der Waals surface area contributed by atoms with Crippen molar-refractivity contribution in [3.63, 3.8) is 0 Å². The highest BCUT2D eigenvalue weighted by molar-refractivity contribution is 6.33. The molecule has 0 spiro atoms. The summed E-state index contributed by atoms with van der Waals surface area (Å²) in [5.41, 5.74) is 10.4. The van der Waals surface area contributed by atoms with Gasteiger partial charge in [0.05, 0.1) is 30.0 Å². The van der Waals surface area contributed by atoms with Gasteiger partial charge in [-0.15, -0.1) is 0 Å². The third-order valence-corrected chi connectivity index (χ3v) is 9.54. The number of carbonyl (C=O) groups excluding carboxylic acids is 2. The molecule has 0 atom stereocenters. The van der Waals surface area contributed by atoms with E-state index in [-0.39, 0.29) is 13.2 Å². The summed E-state index contributed by atoms with van der Waals surface area (Å²) in [5.74, 6) is -1.01. The first kappa shape index (κ1) is 38.6. The lowest BCUT2D eigenvalue weighted by molar-refractivity contribution is 0.0513. The second-order valence-electron chi connectivity index (χ2n) is 12.7. The number of allylic oxidation sites excluding steroid dienone is 4. The Morgan fingerprint density at radius 2 is 1.13 bits per heavy atom. The van der Waals surface area contributed by atoms with Gasteiger partial charge in [-0.1, -0.05) is 128 Å². The van der Waals surface area contributed by atoms with Crippen molar-refractivity contribution in [1.82, 2.24) is 0 Å². The lowest BCUT2D eigenvalue weighted by Crippen LogP contribution is -2.12. The maximum Gasteiger partial charge on any atom is 0.338 e. The summed E-state index contributed by atoms with van der Waals surface area (Å²) in [6.07, 6.45) is 7.37. The molecular weight excluding hydrogens is 702 g/mol. The van der Waals surface area contributed by atoms with Crippen LogP contribution in [0.3, 0.4) is 0 Å². The van der Waals surface area contributed by atoms with Gasteiger partial charge < -0.3 is 14.4 Å². The lowest BCUT2D eigenvalue weighted by atomic mass is 9.90. The van der Waals surface area contributed by atoms with Crippen molar-refractivity contribution in [3.05, 3.63) is 179 Å². The number of anilines is 3. The summed E-state index contributed by atoms with van der Waals surface area (Å²) in [7, 11) is 0. The average Bonchev–Trinajstić information content (AvgIpc) is 3.22. The number of hydrogen-bond donors (Lipinski definition) is 0. The molecular formula is C49H44ClNO4. The van der Waals surface area contributed by atoms with E-state index in [1.807, 2.05) is 67.6 Å². The van der Waals surface area contributed by atoms with E-state index in [1.54, 1.807) is 32.0 Å². The summed E-state index contributed by atoms with van der Waals surface area (Å²) in [4.78, 5) is 29.3. The molecule has 0 saturated carbocycles. The predicted octanol–water partition coefficient (Wildman–Crippen LogP) is 13.5. The van der Waals surface area contributed by atoms with Crippen LogP contribution in [0, 0.1) is 0 Å². The largest absolute Gasteiger partial charge is 0.462 e. The number of esters is 2. The maximum atomic E-state index is 13.6. The zero-order chi connectivity index (χ0) is 38.7. The van der Waals surface area contributed by atoms with Crippen molar-refractivity contribution in [2.45, 2.75) is 34.1 Å². The number of nitrogens with zero attached hydrogens (tertiary/aromatic N) is 1. The summed E-state index contributed by atoms with van der Waals surface area (Å²) < 4.78 is 11.0. The van der Waals surface area contributed by atoms with Crippen LogP contribution in [0.25, 0.3) is 39.0 Å². The number of ether oxygens (including phenoxy) is 2. The monoisotopic (exact) mass is 745 g/mol. The zero-order valence-corrected chi connectivity index (χ0v) is 32.3. The van der Waals surface area contributed by atoms with Gasteiger partial charge in [0, 0.05) is 27.5 Å². The fraction of sp³-hybridized carbons (Fsp3) is 0.143. The van der Waals surface area contributed by atoms with E-state index >= 15 is 0 Å². The van der Waals surface area contributed by atoms with E-state index in [2.05, 4.69) is 90.7 Å². The minimum Gasteiger partial charge on any atom is -0.462 e. The molecule has 55 heavy (non-hydrogen) atoms. The Kier molecular flexibility index (Phi) is 12.8. The average molecular weight is 746 g/mol. The van der Waals surface area contributed by atoms with Crippen LogP contribution in [0.1, 0.15) is 60.4 Å². The Bertz CT molecular complexity index is 2330. The molecule has 0 aliphatic carbocycles. The van der Waals surface area contributed by atoms with Gasteiger partial charge in [-0.3, -0.25) is 0 Å². The summed E-state index contributed by atoms with van der Waals surface area (Å²) >= 11 is 6.63. The van der Waals surface area contributed by atoms with Crippen LogP contribution in [-0.2, 0) is 9.47 Å². The van der Waals surface area contributed by atoms with Gasteiger partial charge in [-0.2, -0.15) is 0 Å². The van der Waals surface area contributed by atoms with Crippen LogP contribution < -0.4 is 4.90 Å². The summed E-state index contributed by atoms with van der Waals surface area (Å²) in [6, 6.07) is 46.0. The smallest absolute Gasteiger partial charge is 0.338 e. The lowest BCUT2D eigenvalue weighted by Gasteiger charge is -2.28. The highest BCUT2D eigenvalue weighted by Gasteiger charge is 2.24. The van der Waals surface area contributed by atoms with E-state index in [4.69, 9.17) is 21.1 Å². The molecule has 0 saturated heterocycles. The van der Waals surface area contributed by atoms with Gasteiger partial charge in [-0.25, -0.2) is 9.59 Å². The van der Waals surface area contributed by atoms with Gasteiger partial charge in [0.25, 0.3) is 0 Å². The molecule has 0 bridgehead atoms. The van der Waals surface area contributed by atoms with E-state index in [0.717, 1.165) is 45.7 Å². The number of para-hydroxylation sites is 1. The van der Waals surface area contributed by atoms with Gasteiger partial charge >= 0.3 is 11.9 Å². The van der Waals surface area contributed by atoms with Crippen molar-refractivity contribution < 1.29 is 19.1 Å². The highest BCUT2D eigenvalue weighted by atomic mass is 35.5. The third-order valence-electron chi connectivity index (χ3n) is 9.21. The third kappa shape index (κ3) is 8.64. The molecule has 0 aromatic heterocycles. The Balaban J connectivity index is 1.52.